The van der Waals surface area contributed by atoms with Gasteiger partial charge in [-0.25, -0.2) is 0 Å². The molecule has 1 saturated heterocycles. The molecule has 0 spiro atoms. The van der Waals surface area contributed by atoms with E-state index in [1.54, 1.807) is 0 Å². The molecule has 1 heterocycles. The van der Waals surface area contributed by atoms with Gasteiger partial charge in [-0.05, 0) is 21.9 Å². The van der Waals surface area contributed by atoms with Crippen LogP contribution in [-0.4, -0.2) is 54.3 Å². The van der Waals surface area contributed by atoms with Gasteiger partial charge in [0.15, 0.2) is 0 Å². The van der Waals surface area contributed by atoms with Crippen molar-refractivity contribution in [1.82, 2.24) is 15.1 Å². The number of nitrogens with one attached hydrogen (secondary N) is 1. The summed E-state index contributed by atoms with van der Waals surface area (Å²) < 4.78 is 0. The second kappa shape index (κ2) is 9.55. The number of rotatable bonds is 6. The first-order chi connectivity index (χ1) is 14.7. The van der Waals surface area contributed by atoms with E-state index in [1.165, 1.54) is 5.56 Å². The molecule has 1 aliphatic rings. The van der Waals surface area contributed by atoms with E-state index >= 15 is 0 Å². The molecule has 4 rings (SSSR count). The first-order valence-electron chi connectivity index (χ1n) is 10.5. The SMILES string of the molecule is O=C(Cc1cccc2ccccc12)NCC(=O)N1CCN(Cc2ccccc2)CC1. The molecule has 30 heavy (non-hydrogen) atoms. The molecule has 2 amide bonds. The minimum atomic E-state index is -0.123. The van der Waals surface area contributed by atoms with Crippen LogP contribution in [0.15, 0.2) is 72.8 Å². The maximum Gasteiger partial charge on any atom is 0.242 e. The van der Waals surface area contributed by atoms with Gasteiger partial charge in [-0.2, -0.15) is 0 Å². The summed E-state index contributed by atoms with van der Waals surface area (Å²) in [5.41, 5.74) is 2.27. The summed E-state index contributed by atoms with van der Waals surface area (Å²) in [4.78, 5) is 29.1. The Morgan fingerprint density at radius 3 is 2.30 bits per heavy atom. The third-order valence-electron chi connectivity index (χ3n) is 5.64. The fourth-order valence-electron chi connectivity index (χ4n) is 3.97. The molecular weight excluding hydrogens is 374 g/mol. The van der Waals surface area contributed by atoms with Crippen LogP contribution in [0.5, 0.6) is 0 Å². The highest BCUT2D eigenvalue weighted by molar-refractivity contribution is 5.91. The van der Waals surface area contributed by atoms with Gasteiger partial charge in [0.25, 0.3) is 0 Å². The van der Waals surface area contributed by atoms with E-state index in [0.29, 0.717) is 13.1 Å². The Labute approximate surface area is 177 Å². The smallest absolute Gasteiger partial charge is 0.242 e. The molecule has 0 aromatic heterocycles. The summed E-state index contributed by atoms with van der Waals surface area (Å²) in [5.74, 6) is -0.136. The zero-order chi connectivity index (χ0) is 20.8. The molecule has 3 aromatic carbocycles. The second-order valence-corrected chi connectivity index (χ2v) is 7.73. The predicted molar refractivity (Wildman–Crippen MR) is 119 cm³/mol. The molecule has 0 bridgehead atoms. The Bertz CT molecular complexity index is 1010. The molecule has 0 aliphatic carbocycles. The Kier molecular flexibility index (Phi) is 6.40. The van der Waals surface area contributed by atoms with Gasteiger partial charge in [0.2, 0.25) is 11.8 Å². The lowest BCUT2D eigenvalue weighted by molar-refractivity contribution is -0.134. The van der Waals surface area contributed by atoms with Gasteiger partial charge >= 0.3 is 0 Å². The highest BCUT2D eigenvalue weighted by Crippen LogP contribution is 2.18. The number of hydrogen-bond donors (Lipinski definition) is 1. The minimum absolute atomic E-state index is 0.0133. The molecule has 1 N–H and O–H groups in total. The number of amides is 2. The van der Waals surface area contributed by atoms with Crippen molar-refractivity contribution >= 4 is 22.6 Å². The summed E-state index contributed by atoms with van der Waals surface area (Å²) >= 11 is 0. The van der Waals surface area contributed by atoms with Gasteiger partial charge in [0.05, 0.1) is 13.0 Å². The van der Waals surface area contributed by atoms with Crippen molar-refractivity contribution in [2.75, 3.05) is 32.7 Å². The number of carbonyl (C=O) groups is 2. The molecule has 1 fully saturated rings. The van der Waals surface area contributed by atoms with Crippen LogP contribution in [0.3, 0.4) is 0 Å². The normalized spacial score (nSPS) is 14.6. The Balaban J connectivity index is 1.23. The number of nitrogens with zero attached hydrogens (tertiary/aromatic N) is 2. The van der Waals surface area contributed by atoms with Gasteiger partial charge in [0.1, 0.15) is 0 Å². The molecule has 154 valence electrons. The molecule has 1 aliphatic heterocycles. The van der Waals surface area contributed by atoms with Gasteiger partial charge < -0.3 is 10.2 Å². The molecule has 3 aromatic rings. The monoisotopic (exact) mass is 401 g/mol. The van der Waals surface area contributed by atoms with Crippen molar-refractivity contribution in [3.63, 3.8) is 0 Å². The minimum Gasteiger partial charge on any atom is -0.347 e. The van der Waals surface area contributed by atoms with E-state index in [0.717, 1.165) is 36.0 Å². The summed E-state index contributed by atoms with van der Waals surface area (Å²) in [7, 11) is 0. The predicted octanol–water partition coefficient (Wildman–Crippen LogP) is 2.84. The van der Waals surface area contributed by atoms with Crippen molar-refractivity contribution in [2.45, 2.75) is 13.0 Å². The molecule has 5 nitrogen and oxygen atoms in total. The summed E-state index contributed by atoms with van der Waals surface area (Å²) in [6, 6.07) is 24.4. The Morgan fingerprint density at radius 2 is 1.50 bits per heavy atom. The van der Waals surface area contributed by atoms with E-state index in [4.69, 9.17) is 0 Å². The zero-order valence-electron chi connectivity index (χ0n) is 17.1. The average Bonchev–Trinajstić information content (AvgIpc) is 2.79. The molecule has 0 saturated carbocycles. The molecule has 0 unspecified atom stereocenters. The molecular formula is C25H27N3O2. The third kappa shape index (κ3) is 5.05. The van der Waals surface area contributed by atoms with Crippen LogP contribution in [-0.2, 0) is 22.6 Å². The van der Waals surface area contributed by atoms with E-state index < -0.39 is 0 Å². The van der Waals surface area contributed by atoms with Crippen LogP contribution in [0, 0.1) is 0 Å². The molecule has 0 radical (unpaired) electrons. The van der Waals surface area contributed by atoms with Crippen LogP contribution in [0.25, 0.3) is 10.8 Å². The maximum atomic E-state index is 12.5. The average molecular weight is 402 g/mol. The van der Waals surface area contributed by atoms with Crippen LogP contribution in [0.2, 0.25) is 0 Å². The van der Waals surface area contributed by atoms with Crippen LogP contribution in [0.4, 0.5) is 0 Å². The first kappa shape index (κ1) is 20.1. The van der Waals surface area contributed by atoms with E-state index in [-0.39, 0.29) is 24.8 Å². The quantitative estimate of drug-likeness (QED) is 0.691. The number of hydrogen-bond acceptors (Lipinski definition) is 3. The van der Waals surface area contributed by atoms with E-state index in [9.17, 15) is 9.59 Å². The first-order valence-corrected chi connectivity index (χ1v) is 10.5. The standard InChI is InChI=1S/C25H27N3O2/c29-24(17-22-11-6-10-21-9-4-5-12-23(21)22)26-18-25(30)28-15-13-27(14-16-28)19-20-7-2-1-3-8-20/h1-12H,13-19H2,(H,26,29). The number of fused-ring (bicyclic) bond motifs is 1. The van der Waals surface area contributed by atoms with Gasteiger partial charge in [-0.1, -0.05) is 72.8 Å². The van der Waals surface area contributed by atoms with Crippen molar-refractivity contribution in [1.29, 1.82) is 0 Å². The highest BCUT2D eigenvalue weighted by atomic mass is 16.2. The zero-order valence-corrected chi connectivity index (χ0v) is 17.1. The number of piperazine rings is 1. The van der Waals surface area contributed by atoms with Gasteiger partial charge in [-0.3, -0.25) is 14.5 Å². The fraction of sp³-hybridized carbons (Fsp3) is 0.280. The summed E-state index contributed by atoms with van der Waals surface area (Å²) in [6.07, 6.45) is 0.277. The summed E-state index contributed by atoms with van der Waals surface area (Å²) in [6.45, 7) is 4.07. The Hall–Kier alpha value is -3.18. The lowest BCUT2D eigenvalue weighted by Crippen LogP contribution is -2.50. The van der Waals surface area contributed by atoms with Crippen LogP contribution >= 0.6 is 0 Å². The van der Waals surface area contributed by atoms with E-state index in [2.05, 4.69) is 34.5 Å². The van der Waals surface area contributed by atoms with Crippen LogP contribution in [0.1, 0.15) is 11.1 Å². The molecule has 5 heteroatoms. The van der Waals surface area contributed by atoms with Gasteiger partial charge in [-0.15, -0.1) is 0 Å². The van der Waals surface area contributed by atoms with Crippen LogP contribution < -0.4 is 5.32 Å². The highest BCUT2D eigenvalue weighted by Gasteiger charge is 2.21. The maximum absolute atomic E-state index is 12.5. The van der Waals surface area contributed by atoms with Crippen molar-refractivity contribution in [2.24, 2.45) is 0 Å². The van der Waals surface area contributed by atoms with Crippen molar-refractivity contribution in [3.05, 3.63) is 83.9 Å². The van der Waals surface area contributed by atoms with E-state index in [1.807, 2.05) is 53.4 Å². The second-order valence-electron chi connectivity index (χ2n) is 7.73. The molecule has 0 atom stereocenters. The van der Waals surface area contributed by atoms with Gasteiger partial charge in [0, 0.05) is 32.7 Å². The van der Waals surface area contributed by atoms with Crippen molar-refractivity contribution < 1.29 is 9.59 Å². The number of carbonyl (C=O) groups excluding carboxylic acids is 2. The third-order valence-corrected chi connectivity index (χ3v) is 5.64. The van der Waals surface area contributed by atoms with Crippen molar-refractivity contribution in [3.8, 4) is 0 Å². The summed E-state index contributed by atoms with van der Waals surface area (Å²) in [5, 5.41) is 5.00. The lowest BCUT2D eigenvalue weighted by atomic mass is 10.0. The number of benzene rings is 3. The fourth-order valence-corrected chi connectivity index (χ4v) is 3.97. The lowest BCUT2D eigenvalue weighted by Gasteiger charge is -2.34. The topological polar surface area (TPSA) is 52.7 Å². The Morgan fingerprint density at radius 1 is 0.800 bits per heavy atom. The largest absolute Gasteiger partial charge is 0.347 e.